The molecule has 0 bridgehead atoms. The standard InChI is InChI=1S/C16H33O10P/c1-3-5-7-9-24-16(21)15(20)14(19)13(18)12(17)11-26-27(22,23)25-10-8-6-4-2/h12-15,17-20H,3-11H2,1-2H3,(H,22,23)/t12-,13-,14+,15-/m1/s1. The lowest BCUT2D eigenvalue weighted by atomic mass is 10.0. The minimum absolute atomic E-state index is 0.00845. The van der Waals surface area contributed by atoms with Crippen molar-refractivity contribution in [3.63, 3.8) is 0 Å². The van der Waals surface area contributed by atoms with Crippen molar-refractivity contribution in [3.8, 4) is 0 Å². The van der Waals surface area contributed by atoms with Gasteiger partial charge in [-0.1, -0.05) is 39.5 Å². The van der Waals surface area contributed by atoms with Crippen LogP contribution < -0.4 is 0 Å². The van der Waals surface area contributed by atoms with E-state index in [1.807, 2.05) is 13.8 Å². The summed E-state index contributed by atoms with van der Waals surface area (Å²) in [7, 11) is -4.43. The molecule has 0 aromatic rings. The van der Waals surface area contributed by atoms with E-state index in [2.05, 4.69) is 9.05 Å². The van der Waals surface area contributed by atoms with E-state index in [1.54, 1.807) is 0 Å². The van der Waals surface area contributed by atoms with E-state index >= 15 is 0 Å². The van der Waals surface area contributed by atoms with E-state index in [0.29, 0.717) is 12.8 Å². The second-order valence-corrected chi connectivity index (χ2v) is 7.63. The minimum atomic E-state index is -4.43. The molecule has 0 fully saturated rings. The van der Waals surface area contributed by atoms with Crippen molar-refractivity contribution < 1.29 is 48.5 Å². The number of phosphoric acid groups is 1. The number of rotatable bonds is 16. The molecule has 0 aliphatic carbocycles. The van der Waals surface area contributed by atoms with Crippen LogP contribution in [-0.4, -0.2) is 75.5 Å². The number of hydrogen-bond acceptors (Lipinski definition) is 9. The quantitative estimate of drug-likeness (QED) is 0.136. The first-order chi connectivity index (χ1) is 12.7. The molecular formula is C16H33O10P. The highest BCUT2D eigenvalue weighted by atomic mass is 31.2. The molecule has 5 atom stereocenters. The first-order valence-corrected chi connectivity index (χ1v) is 10.7. The van der Waals surface area contributed by atoms with Gasteiger partial charge >= 0.3 is 13.8 Å². The van der Waals surface area contributed by atoms with Gasteiger partial charge in [0.05, 0.1) is 19.8 Å². The van der Waals surface area contributed by atoms with E-state index < -0.39 is 44.8 Å². The van der Waals surface area contributed by atoms with Gasteiger partial charge in [-0.05, 0) is 12.8 Å². The predicted molar refractivity (Wildman–Crippen MR) is 95.8 cm³/mol. The fourth-order valence-corrected chi connectivity index (χ4v) is 2.78. The number of carbonyl (C=O) groups is 1. The summed E-state index contributed by atoms with van der Waals surface area (Å²) in [6.07, 6.45) is -3.42. The van der Waals surface area contributed by atoms with Crippen molar-refractivity contribution in [1.82, 2.24) is 0 Å². The van der Waals surface area contributed by atoms with Crippen LogP contribution >= 0.6 is 7.82 Å². The maximum Gasteiger partial charge on any atom is 0.472 e. The fraction of sp³-hybridized carbons (Fsp3) is 0.938. The van der Waals surface area contributed by atoms with Crippen LogP contribution in [-0.2, 0) is 23.1 Å². The molecule has 0 aliphatic rings. The zero-order valence-electron chi connectivity index (χ0n) is 15.9. The molecule has 0 saturated heterocycles. The van der Waals surface area contributed by atoms with Gasteiger partial charge in [-0.25, -0.2) is 9.36 Å². The molecule has 27 heavy (non-hydrogen) atoms. The van der Waals surface area contributed by atoms with Crippen molar-refractivity contribution in [2.24, 2.45) is 0 Å². The van der Waals surface area contributed by atoms with Gasteiger partial charge in [0.1, 0.15) is 18.3 Å². The van der Waals surface area contributed by atoms with Crippen LogP contribution in [0.5, 0.6) is 0 Å². The van der Waals surface area contributed by atoms with Crippen LogP contribution in [0.15, 0.2) is 0 Å². The monoisotopic (exact) mass is 416 g/mol. The zero-order valence-corrected chi connectivity index (χ0v) is 16.8. The van der Waals surface area contributed by atoms with E-state index in [-0.39, 0.29) is 13.2 Å². The van der Waals surface area contributed by atoms with E-state index in [1.165, 1.54) is 0 Å². The Morgan fingerprint density at radius 3 is 2.00 bits per heavy atom. The maximum absolute atomic E-state index is 11.6. The molecule has 0 heterocycles. The molecule has 0 aliphatic heterocycles. The number of esters is 1. The molecule has 0 aromatic heterocycles. The van der Waals surface area contributed by atoms with Crippen molar-refractivity contribution in [3.05, 3.63) is 0 Å². The fourth-order valence-electron chi connectivity index (χ4n) is 2.00. The summed E-state index contributed by atoms with van der Waals surface area (Å²) in [5.74, 6) is -1.14. The van der Waals surface area contributed by atoms with Gasteiger partial charge in [0.25, 0.3) is 0 Å². The summed E-state index contributed by atoms with van der Waals surface area (Å²) in [6, 6.07) is 0. The average molecular weight is 416 g/mol. The number of aliphatic hydroxyl groups excluding tert-OH is 4. The highest BCUT2D eigenvalue weighted by Crippen LogP contribution is 2.43. The lowest BCUT2D eigenvalue weighted by Crippen LogP contribution is -2.49. The van der Waals surface area contributed by atoms with Crippen LogP contribution in [0.2, 0.25) is 0 Å². The van der Waals surface area contributed by atoms with Crippen LogP contribution in [0.3, 0.4) is 0 Å². The predicted octanol–water partition coefficient (Wildman–Crippen LogP) is 0.487. The summed E-state index contributed by atoms with van der Waals surface area (Å²) in [6.45, 7) is 3.11. The number of phosphoric ester groups is 1. The van der Waals surface area contributed by atoms with Crippen LogP contribution in [0.1, 0.15) is 52.4 Å². The van der Waals surface area contributed by atoms with Gasteiger partial charge < -0.3 is 30.1 Å². The second kappa shape index (κ2) is 14.4. The summed E-state index contributed by atoms with van der Waals surface area (Å²) < 4.78 is 25.6. The van der Waals surface area contributed by atoms with E-state index in [4.69, 9.17) is 4.74 Å². The third-order valence-corrected chi connectivity index (χ3v) is 4.70. The zero-order chi connectivity index (χ0) is 20.9. The molecule has 0 rings (SSSR count). The highest BCUT2D eigenvalue weighted by Gasteiger charge is 2.36. The lowest BCUT2D eigenvalue weighted by Gasteiger charge is -2.25. The SMILES string of the molecule is CCCCCOC(=O)[C@H](O)[C@@H](O)[C@H](O)[C@H](O)COP(=O)(O)OCCCCC. The Balaban J connectivity index is 4.34. The molecule has 11 heteroatoms. The van der Waals surface area contributed by atoms with Crippen molar-refractivity contribution in [1.29, 1.82) is 0 Å². The first-order valence-electron chi connectivity index (χ1n) is 9.17. The topological polar surface area (TPSA) is 163 Å². The Hall–Kier alpha value is -0.580. The van der Waals surface area contributed by atoms with Gasteiger partial charge in [0, 0.05) is 0 Å². The summed E-state index contributed by atoms with van der Waals surface area (Å²) >= 11 is 0. The van der Waals surface area contributed by atoms with Gasteiger partial charge in [0.15, 0.2) is 6.10 Å². The number of aliphatic hydroxyl groups is 4. The van der Waals surface area contributed by atoms with Gasteiger partial charge in [-0.15, -0.1) is 0 Å². The number of carbonyl (C=O) groups excluding carboxylic acids is 1. The van der Waals surface area contributed by atoms with Crippen molar-refractivity contribution in [2.75, 3.05) is 19.8 Å². The molecule has 5 N–H and O–H groups in total. The summed E-state index contributed by atoms with van der Waals surface area (Å²) in [5, 5.41) is 39.0. The Bertz CT molecular complexity index is 447. The van der Waals surface area contributed by atoms with E-state index in [9.17, 15) is 34.7 Å². The average Bonchev–Trinajstić information content (AvgIpc) is 2.64. The highest BCUT2D eigenvalue weighted by molar-refractivity contribution is 7.47. The van der Waals surface area contributed by atoms with Crippen molar-refractivity contribution >= 4 is 13.8 Å². The lowest BCUT2D eigenvalue weighted by molar-refractivity contribution is -0.170. The van der Waals surface area contributed by atoms with Gasteiger partial charge in [-0.3, -0.25) is 9.05 Å². The largest absolute Gasteiger partial charge is 0.472 e. The van der Waals surface area contributed by atoms with Gasteiger partial charge in [0.2, 0.25) is 0 Å². The molecule has 10 nitrogen and oxygen atoms in total. The molecule has 0 saturated carbocycles. The second-order valence-electron chi connectivity index (χ2n) is 6.17. The molecule has 0 amide bonds. The number of hydrogen-bond donors (Lipinski definition) is 5. The Morgan fingerprint density at radius 2 is 1.44 bits per heavy atom. The first kappa shape index (κ1) is 26.4. The smallest absolute Gasteiger partial charge is 0.464 e. The number of ether oxygens (including phenoxy) is 1. The molecule has 0 spiro atoms. The van der Waals surface area contributed by atoms with Gasteiger partial charge in [-0.2, -0.15) is 0 Å². The van der Waals surface area contributed by atoms with E-state index in [0.717, 1.165) is 25.7 Å². The van der Waals surface area contributed by atoms with Crippen molar-refractivity contribution in [2.45, 2.75) is 76.8 Å². The Labute approximate surface area is 159 Å². The number of unbranched alkanes of at least 4 members (excludes halogenated alkanes) is 4. The molecule has 0 radical (unpaired) electrons. The third kappa shape index (κ3) is 11.8. The van der Waals surface area contributed by atoms with Crippen LogP contribution in [0.25, 0.3) is 0 Å². The molecular weight excluding hydrogens is 383 g/mol. The molecule has 1 unspecified atom stereocenters. The Morgan fingerprint density at radius 1 is 0.889 bits per heavy atom. The normalized spacial score (nSPS) is 18.3. The van der Waals surface area contributed by atoms with Crippen LogP contribution in [0.4, 0.5) is 0 Å². The molecule has 0 aromatic carbocycles. The maximum atomic E-state index is 11.6. The summed E-state index contributed by atoms with van der Waals surface area (Å²) in [4.78, 5) is 21.1. The third-order valence-electron chi connectivity index (χ3n) is 3.71. The minimum Gasteiger partial charge on any atom is -0.464 e. The van der Waals surface area contributed by atoms with Crippen LogP contribution in [0, 0.1) is 0 Å². The Kier molecular flexibility index (Phi) is 14.1. The molecule has 162 valence electrons. The summed E-state index contributed by atoms with van der Waals surface area (Å²) in [5.41, 5.74) is 0.